The van der Waals surface area contributed by atoms with Gasteiger partial charge in [0.05, 0.1) is 5.41 Å². The standard InChI is InChI=1S/C16H23BrO3/c1-10-7-11(17)8-12(15(2,3)4)13(10)20-9-16(5,6)14(18)19/h7-8H,9H2,1-6H3,(H,18,19). The highest BCUT2D eigenvalue weighted by Gasteiger charge is 2.30. The number of carbonyl (C=O) groups is 1. The first-order chi connectivity index (χ1) is 8.95. The van der Waals surface area contributed by atoms with Gasteiger partial charge in [0, 0.05) is 10.0 Å². The summed E-state index contributed by atoms with van der Waals surface area (Å²) in [6.45, 7) is 11.8. The fourth-order valence-corrected chi connectivity index (χ4v) is 2.37. The maximum Gasteiger partial charge on any atom is 0.312 e. The Morgan fingerprint density at radius 2 is 1.80 bits per heavy atom. The molecule has 20 heavy (non-hydrogen) atoms. The van der Waals surface area contributed by atoms with Crippen molar-refractivity contribution in [2.24, 2.45) is 5.41 Å². The van der Waals surface area contributed by atoms with E-state index in [0.717, 1.165) is 21.3 Å². The van der Waals surface area contributed by atoms with E-state index in [4.69, 9.17) is 4.74 Å². The summed E-state index contributed by atoms with van der Waals surface area (Å²) >= 11 is 3.50. The lowest BCUT2D eigenvalue weighted by molar-refractivity contribution is -0.148. The van der Waals surface area contributed by atoms with E-state index in [1.165, 1.54) is 0 Å². The van der Waals surface area contributed by atoms with Crippen molar-refractivity contribution in [1.82, 2.24) is 0 Å². The quantitative estimate of drug-likeness (QED) is 0.873. The Hall–Kier alpha value is -1.03. The van der Waals surface area contributed by atoms with Crippen molar-refractivity contribution in [3.8, 4) is 5.75 Å². The minimum Gasteiger partial charge on any atom is -0.492 e. The van der Waals surface area contributed by atoms with Gasteiger partial charge in [-0.3, -0.25) is 4.79 Å². The third-order valence-electron chi connectivity index (χ3n) is 3.20. The van der Waals surface area contributed by atoms with Crippen LogP contribution in [0.2, 0.25) is 0 Å². The van der Waals surface area contributed by atoms with Crippen LogP contribution in [0.15, 0.2) is 16.6 Å². The molecule has 0 fully saturated rings. The van der Waals surface area contributed by atoms with E-state index in [0.29, 0.717) is 0 Å². The first-order valence-corrected chi connectivity index (χ1v) is 7.41. The van der Waals surface area contributed by atoms with E-state index in [-0.39, 0.29) is 12.0 Å². The first kappa shape index (κ1) is 17.0. The Balaban J connectivity index is 3.15. The van der Waals surface area contributed by atoms with Crippen molar-refractivity contribution in [3.63, 3.8) is 0 Å². The molecule has 1 aromatic rings. The van der Waals surface area contributed by atoms with Gasteiger partial charge in [0.15, 0.2) is 0 Å². The van der Waals surface area contributed by atoms with Crippen molar-refractivity contribution in [2.45, 2.75) is 47.0 Å². The van der Waals surface area contributed by atoms with Crippen LogP contribution in [0.4, 0.5) is 0 Å². The molecule has 0 amide bonds. The van der Waals surface area contributed by atoms with E-state index >= 15 is 0 Å². The number of aryl methyl sites for hydroxylation is 1. The number of ether oxygens (including phenoxy) is 1. The molecule has 0 bridgehead atoms. The van der Waals surface area contributed by atoms with Gasteiger partial charge in [0.1, 0.15) is 12.4 Å². The molecule has 1 N–H and O–H groups in total. The summed E-state index contributed by atoms with van der Waals surface area (Å²) in [6.07, 6.45) is 0. The van der Waals surface area contributed by atoms with Gasteiger partial charge in [-0.2, -0.15) is 0 Å². The number of hydrogen-bond acceptors (Lipinski definition) is 2. The maximum absolute atomic E-state index is 11.2. The molecule has 0 heterocycles. The zero-order chi connectivity index (χ0) is 15.7. The molecule has 1 rings (SSSR count). The zero-order valence-corrected chi connectivity index (χ0v) is 14.6. The molecular weight excluding hydrogens is 320 g/mol. The van der Waals surface area contributed by atoms with Crippen molar-refractivity contribution >= 4 is 21.9 Å². The molecule has 0 atom stereocenters. The Labute approximate surface area is 129 Å². The van der Waals surface area contributed by atoms with E-state index in [2.05, 4.69) is 36.7 Å². The zero-order valence-electron chi connectivity index (χ0n) is 13.0. The minimum atomic E-state index is -0.908. The SMILES string of the molecule is Cc1cc(Br)cc(C(C)(C)C)c1OCC(C)(C)C(=O)O. The van der Waals surface area contributed by atoms with Crippen molar-refractivity contribution in [1.29, 1.82) is 0 Å². The summed E-state index contributed by atoms with van der Waals surface area (Å²) in [5.74, 6) is -0.0698. The molecule has 0 aliphatic rings. The Kier molecular flexibility index (Phi) is 4.90. The minimum absolute atomic E-state index is 0.0722. The molecule has 0 aliphatic heterocycles. The lowest BCUT2D eigenvalue weighted by atomic mass is 9.85. The molecule has 0 aliphatic carbocycles. The van der Waals surface area contributed by atoms with E-state index in [1.807, 2.05) is 19.1 Å². The molecule has 0 saturated heterocycles. The predicted octanol–water partition coefficient (Wildman–Crippen LogP) is 4.54. The highest BCUT2D eigenvalue weighted by atomic mass is 79.9. The summed E-state index contributed by atoms with van der Waals surface area (Å²) < 4.78 is 6.88. The Morgan fingerprint density at radius 1 is 1.25 bits per heavy atom. The second kappa shape index (κ2) is 5.76. The van der Waals surface area contributed by atoms with Crippen LogP contribution < -0.4 is 4.74 Å². The van der Waals surface area contributed by atoms with Gasteiger partial charge in [-0.05, 0) is 43.9 Å². The van der Waals surface area contributed by atoms with Gasteiger partial charge in [0.25, 0.3) is 0 Å². The molecule has 0 spiro atoms. The van der Waals surface area contributed by atoms with E-state index in [9.17, 15) is 9.90 Å². The monoisotopic (exact) mass is 342 g/mol. The first-order valence-electron chi connectivity index (χ1n) is 6.62. The molecule has 0 saturated carbocycles. The van der Waals surface area contributed by atoms with E-state index in [1.54, 1.807) is 13.8 Å². The summed E-state index contributed by atoms with van der Waals surface area (Å²) in [5, 5.41) is 9.17. The van der Waals surface area contributed by atoms with Crippen LogP contribution in [0.3, 0.4) is 0 Å². The molecule has 4 heteroatoms. The van der Waals surface area contributed by atoms with Gasteiger partial charge in [-0.15, -0.1) is 0 Å². The summed E-state index contributed by atoms with van der Waals surface area (Å²) in [5.41, 5.74) is 1.10. The number of hydrogen-bond donors (Lipinski definition) is 1. The largest absolute Gasteiger partial charge is 0.492 e. The highest BCUT2D eigenvalue weighted by Crippen LogP contribution is 2.37. The fraction of sp³-hybridized carbons (Fsp3) is 0.562. The number of carboxylic acid groups (broad SMARTS) is 1. The smallest absolute Gasteiger partial charge is 0.312 e. The van der Waals surface area contributed by atoms with Gasteiger partial charge >= 0.3 is 5.97 Å². The van der Waals surface area contributed by atoms with Crippen molar-refractivity contribution < 1.29 is 14.6 Å². The molecule has 3 nitrogen and oxygen atoms in total. The number of halogens is 1. The summed E-state index contributed by atoms with van der Waals surface area (Å²) in [7, 11) is 0. The van der Waals surface area contributed by atoms with Crippen molar-refractivity contribution in [2.75, 3.05) is 6.61 Å². The van der Waals surface area contributed by atoms with Gasteiger partial charge in [-0.1, -0.05) is 36.7 Å². The summed E-state index contributed by atoms with van der Waals surface area (Å²) in [6, 6.07) is 4.02. The molecule has 0 radical (unpaired) electrons. The average Bonchev–Trinajstić information content (AvgIpc) is 2.25. The van der Waals surface area contributed by atoms with Crippen LogP contribution in [-0.4, -0.2) is 17.7 Å². The van der Waals surface area contributed by atoms with Crippen LogP contribution in [0.1, 0.15) is 45.7 Å². The fourth-order valence-electron chi connectivity index (χ4n) is 1.79. The topological polar surface area (TPSA) is 46.5 Å². The van der Waals surface area contributed by atoms with Crippen LogP contribution in [0, 0.1) is 12.3 Å². The number of benzene rings is 1. The van der Waals surface area contributed by atoms with Gasteiger partial charge < -0.3 is 9.84 Å². The maximum atomic E-state index is 11.2. The Bertz CT molecular complexity index is 513. The van der Waals surface area contributed by atoms with Crippen LogP contribution in [0.25, 0.3) is 0 Å². The lowest BCUT2D eigenvalue weighted by Gasteiger charge is -2.27. The third kappa shape index (κ3) is 3.98. The van der Waals surface area contributed by atoms with Crippen LogP contribution >= 0.6 is 15.9 Å². The van der Waals surface area contributed by atoms with E-state index < -0.39 is 11.4 Å². The molecule has 112 valence electrons. The molecule has 0 unspecified atom stereocenters. The number of rotatable bonds is 4. The van der Waals surface area contributed by atoms with Gasteiger partial charge in [-0.25, -0.2) is 0 Å². The second-order valence-electron chi connectivity index (χ2n) is 6.83. The summed E-state index contributed by atoms with van der Waals surface area (Å²) in [4.78, 5) is 11.2. The predicted molar refractivity (Wildman–Crippen MR) is 84.5 cm³/mol. The Morgan fingerprint density at radius 3 is 2.25 bits per heavy atom. The molecule has 0 aromatic heterocycles. The number of aliphatic carboxylic acids is 1. The highest BCUT2D eigenvalue weighted by molar-refractivity contribution is 9.10. The third-order valence-corrected chi connectivity index (χ3v) is 3.66. The second-order valence-corrected chi connectivity index (χ2v) is 7.74. The molecular formula is C16H23BrO3. The average molecular weight is 343 g/mol. The lowest BCUT2D eigenvalue weighted by Crippen LogP contribution is -2.31. The van der Waals surface area contributed by atoms with Crippen LogP contribution in [0.5, 0.6) is 5.75 Å². The molecule has 1 aromatic carbocycles. The normalized spacial score (nSPS) is 12.3. The van der Waals surface area contributed by atoms with Gasteiger partial charge in [0.2, 0.25) is 0 Å². The number of carboxylic acids is 1. The van der Waals surface area contributed by atoms with Crippen LogP contribution in [-0.2, 0) is 10.2 Å². The van der Waals surface area contributed by atoms with Crippen molar-refractivity contribution in [3.05, 3.63) is 27.7 Å².